The highest BCUT2D eigenvalue weighted by molar-refractivity contribution is 4.47. The molecule has 0 fully saturated rings. The van der Waals surface area contributed by atoms with Crippen LogP contribution in [0.4, 0.5) is 0 Å². The lowest BCUT2D eigenvalue weighted by Gasteiger charge is -1.94. The van der Waals surface area contributed by atoms with Crippen molar-refractivity contribution in [2.45, 2.75) is 12.5 Å². The molecule has 0 amide bonds. The van der Waals surface area contributed by atoms with Crippen molar-refractivity contribution < 1.29 is 15.3 Å². The molecule has 3 nitrogen and oxygen atoms in total. The van der Waals surface area contributed by atoms with Gasteiger partial charge in [0.1, 0.15) is 12.7 Å². The minimum Gasteiger partial charge on any atom is -0.237 e. The zero-order chi connectivity index (χ0) is 5.70. The van der Waals surface area contributed by atoms with E-state index in [0.29, 0.717) is 0 Å². The van der Waals surface area contributed by atoms with Gasteiger partial charge >= 0.3 is 0 Å². The summed E-state index contributed by atoms with van der Waals surface area (Å²) in [6.45, 7) is -1.08. The van der Waals surface area contributed by atoms with E-state index in [-0.39, 0.29) is 6.42 Å². The topological polar surface area (TPSA) is 59.7 Å². The summed E-state index contributed by atoms with van der Waals surface area (Å²) in [5, 5.41) is 29.1. The molecule has 0 saturated heterocycles. The van der Waals surface area contributed by atoms with E-state index in [4.69, 9.17) is 0 Å². The van der Waals surface area contributed by atoms with E-state index in [0.717, 1.165) is 0 Å². The molecule has 1 unspecified atom stereocenters. The lowest BCUT2D eigenvalue weighted by Crippen LogP contribution is -2.09. The molecule has 0 heterocycles. The van der Waals surface area contributed by atoms with Crippen molar-refractivity contribution >= 4 is 0 Å². The predicted octanol–water partition coefficient (Wildman–Crippen LogP) is 0.0366. The average molecular weight is 103 g/mol. The van der Waals surface area contributed by atoms with Gasteiger partial charge in [0, 0.05) is 6.42 Å². The highest BCUT2D eigenvalue weighted by Gasteiger charge is 2.01. The second kappa shape index (κ2) is 4.05. The summed E-state index contributed by atoms with van der Waals surface area (Å²) in [5.41, 5.74) is 0. The molecule has 3 heteroatoms. The van der Waals surface area contributed by atoms with Gasteiger partial charge in [-0.25, -0.2) is 15.3 Å². The Balaban J connectivity index is 2.83. The van der Waals surface area contributed by atoms with Crippen molar-refractivity contribution in [1.29, 1.82) is 0 Å². The van der Waals surface area contributed by atoms with Gasteiger partial charge in [-0.2, -0.15) is 0 Å². The van der Waals surface area contributed by atoms with Crippen molar-refractivity contribution in [1.82, 2.24) is 0 Å². The number of rotatable bonds is 3. The molecule has 0 aliphatic rings. The van der Waals surface area contributed by atoms with E-state index in [1.807, 2.05) is 0 Å². The van der Waals surface area contributed by atoms with Crippen molar-refractivity contribution in [2.75, 3.05) is 13.2 Å². The Labute approximate surface area is 42.2 Å². The second-order valence-corrected chi connectivity index (χ2v) is 1.28. The predicted molar refractivity (Wildman–Crippen MR) is 20.2 cm³/mol. The van der Waals surface area contributed by atoms with E-state index in [2.05, 4.69) is 0 Å². The molecule has 3 radical (unpaired) electrons. The van der Waals surface area contributed by atoms with Crippen LogP contribution in [-0.4, -0.2) is 19.3 Å². The van der Waals surface area contributed by atoms with Gasteiger partial charge in [-0.1, -0.05) is 0 Å². The van der Waals surface area contributed by atoms with Crippen LogP contribution in [-0.2, 0) is 15.3 Å². The average Bonchev–Trinajstić information content (AvgIpc) is 1.68. The molecular formula is C4H7O3. The summed E-state index contributed by atoms with van der Waals surface area (Å²) < 4.78 is 0. The second-order valence-electron chi connectivity index (χ2n) is 1.28. The quantitative estimate of drug-likeness (QED) is 0.484. The maximum Gasteiger partial charge on any atom is 0.122 e. The first-order chi connectivity index (χ1) is 3.31. The van der Waals surface area contributed by atoms with Gasteiger partial charge in [0.2, 0.25) is 0 Å². The van der Waals surface area contributed by atoms with Crippen LogP contribution < -0.4 is 0 Å². The first-order valence-electron chi connectivity index (χ1n) is 2.13. The summed E-state index contributed by atoms with van der Waals surface area (Å²) in [6.07, 6.45) is -1.19. The summed E-state index contributed by atoms with van der Waals surface area (Å²) in [7, 11) is 0. The Morgan fingerprint density at radius 2 is 1.86 bits per heavy atom. The molecule has 0 aliphatic heterocycles. The SMILES string of the molecule is [O]CCC([O])C[O]. The fourth-order valence-electron chi connectivity index (χ4n) is 0.215. The van der Waals surface area contributed by atoms with Crippen LogP contribution in [0.5, 0.6) is 0 Å². The zero-order valence-electron chi connectivity index (χ0n) is 3.92. The monoisotopic (exact) mass is 103 g/mol. The molecule has 41 valence electrons. The van der Waals surface area contributed by atoms with Crippen molar-refractivity contribution in [2.24, 2.45) is 0 Å². The maximum absolute atomic E-state index is 9.98. The third-order valence-electron chi connectivity index (χ3n) is 0.626. The van der Waals surface area contributed by atoms with Crippen LogP contribution in [0.2, 0.25) is 0 Å². The summed E-state index contributed by atoms with van der Waals surface area (Å²) in [5.74, 6) is 0. The Kier molecular flexibility index (Phi) is 3.98. The van der Waals surface area contributed by atoms with Crippen LogP contribution in [0.3, 0.4) is 0 Å². The fourth-order valence-corrected chi connectivity index (χ4v) is 0.215. The lowest BCUT2D eigenvalue weighted by atomic mass is 10.3. The Bertz CT molecular complexity index is 37.9. The van der Waals surface area contributed by atoms with Crippen LogP contribution in [0.1, 0.15) is 6.42 Å². The van der Waals surface area contributed by atoms with Gasteiger partial charge in [-0.05, 0) is 0 Å². The third-order valence-corrected chi connectivity index (χ3v) is 0.626. The van der Waals surface area contributed by atoms with Crippen LogP contribution >= 0.6 is 0 Å². The minimum atomic E-state index is -1.17. The molecular weight excluding hydrogens is 96.0 g/mol. The van der Waals surface area contributed by atoms with Gasteiger partial charge in [0.25, 0.3) is 0 Å². The number of hydrogen-bond donors (Lipinski definition) is 0. The summed E-state index contributed by atoms with van der Waals surface area (Å²) in [6, 6.07) is 0. The van der Waals surface area contributed by atoms with E-state index in [1.54, 1.807) is 0 Å². The molecule has 7 heavy (non-hydrogen) atoms. The van der Waals surface area contributed by atoms with Crippen molar-refractivity contribution in [3.63, 3.8) is 0 Å². The molecule has 0 rings (SSSR count). The van der Waals surface area contributed by atoms with Gasteiger partial charge in [-0.3, -0.25) is 0 Å². The smallest absolute Gasteiger partial charge is 0.122 e. The van der Waals surface area contributed by atoms with Gasteiger partial charge in [0.05, 0.1) is 6.61 Å². The van der Waals surface area contributed by atoms with Gasteiger partial charge in [-0.15, -0.1) is 0 Å². The number of hydrogen-bond acceptors (Lipinski definition) is 0. The lowest BCUT2D eigenvalue weighted by molar-refractivity contribution is -0.0124. The zero-order valence-corrected chi connectivity index (χ0v) is 3.92. The molecule has 0 saturated carbocycles. The normalized spacial score (nSPS) is 14.1. The van der Waals surface area contributed by atoms with E-state index in [1.165, 1.54) is 0 Å². The van der Waals surface area contributed by atoms with E-state index >= 15 is 0 Å². The van der Waals surface area contributed by atoms with Gasteiger partial charge in [0.15, 0.2) is 0 Å². The maximum atomic E-state index is 9.98. The van der Waals surface area contributed by atoms with Crippen molar-refractivity contribution in [3.8, 4) is 0 Å². The first-order valence-corrected chi connectivity index (χ1v) is 2.13. The molecule has 0 N–H and O–H groups in total. The third kappa shape index (κ3) is 3.72. The molecule has 0 bridgehead atoms. The van der Waals surface area contributed by atoms with Crippen molar-refractivity contribution in [3.05, 3.63) is 0 Å². The standard InChI is InChI=1S/C4H7O3/c5-2-1-4(7)3-6/h4H,1-3H2. The van der Waals surface area contributed by atoms with Crippen LogP contribution in [0, 0.1) is 0 Å². The van der Waals surface area contributed by atoms with Crippen LogP contribution in [0.25, 0.3) is 0 Å². The Morgan fingerprint density at radius 1 is 1.29 bits per heavy atom. The van der Waals surface area contributed by atoms with E-state index in [9.17, 15) is 15.3 Å². The summed E-state index contributed by atoms with van der Waals surface area (Å²) >= 11 is 0. The molecule has 0 aliphatic carbocycles. The molecule has 0 spiro atoms. The largest absolute Gasteiger partial charge is 0.237 e. The van der Waals surface area contributed by atoms with E-state index < -0.39 is 19.3 Å². The van der Waals surface area contributed by atoms with Gasteiger partial charge < -0.3 is 0 Å². The molecule has 0 aromatic heterocycles. The first kappa shape index (κ1) is 6.88. The highest BCUT2D eigenvalue weighted by Crippen LogP contribution is 1.87. The highest BCUT2D eigenvalue weighted by atomic mass is 16.3. The molecule has 1 atom stereocenters. The Hall–Kier alpha value is -0.120. The fraction of sp³-hybridized carbons (Fsp3) is 1.00. The Morgan fingerprint density at radius 3 is 2.00 bits per heavy atom. The molecule has 0 aromatic carbocycles. The minimum absolute atomic E-state index is 0.0243. The molecule has 0 aromatic rings. The van der Waals surface area contributed by atoms with Crippen LogP contribution in [0.15, 0.2) is 0 Å². The summed E-state index contributed by atoms with van der Waals surface area (Å²) in [4.78, 5) is 0.